The van der Waals surface area contributed by atoms with Gasteiger partial charge in [0, 0.05) is 16.5 Å². The van der Waals surface area contributed by atoms with E-state index >= 15 is 0 Å². The van der Waals surface area contributed by atoms with E-state index in [-0.39, 0.29) is 22.5 Å². The Labute approximate surface area is 185 Å². The van der Waals surface area contributed by atoms with Gasteiger partial charge in [-0.25, -0.2) is 0 Å². The second-order valence-corrected chi connectivity index (χ2v) is 15.5. The fourth-order valence-corrected chi connectivity index (χ4v) is 10.1. The Morgan fingerprint density at radius 1 is 1.06 bits per heavy atom. The number of hydrogen-bond donors (Lipinski definition) is 1. The smallest absolute Gasteiger partial charge is 0.471 e. The predicted octanol–water partition coefficient (Wildman–Crippen LogP) is 5.79. The number of hydrogen-bond acceptors (Lipinski definition) is 5. The van der Waals surface area contributed by atoms with Gasteiger partial charge in [-0.05, 0) is 47.9 Å². The minimum absolute atomic E-state index is 0.0413. The number of fused-ring (bicyclic) bond motifs is 2. The maximum atomic E-state index is 13.2. The summed E-state index contributed by atoms with van der Waals surface area (Å²) in [5, 5.41) is 11.1. The maximum Gasteiger partial charge on any atom is 0.471 e. The van der Waals surface area contributed by atoms with Crippen molar-refractivity contribution in [2.24, 2.45) is 0 Å². The minimum Gasteiger partial charge on any atom is -0.510 e. The van der Waals surface area contributed by atoms with Crippen LogP contribution in [0.25, 0.3) is 10.8 Å². The van der Waals surface area contributed by atoms with Crippen LogP contribution in [-0.2, 0) is 13.0 Å². The number of aliphatic hydroxyl groups excluding tert-OH is 1. The van der Waals surface area contributed by atoms with Crippen LogP contribution in [-0.4, -0.2) is 25.7 Å². The van der Waals surface area contributed by atoms with E-state index in [0.717, 1.165) is 41.2 Å². The van der Waals surface area contributed by atoms with E-state index < -0.39 is 8.56 Å². The molecule has 166 valence electrons. The molecule has 0 amide bonds. The van der Waals surface area contributed by atoms with Gasteiger partial charge in [0.05, 0.1) is 23.1 Å². The van der Waals surface area contributed by atoms with Crippen LogP contribution in [0.3, 0.4) is 0 Å². The second-order valence-electron chi connectivity index (χ2n) is 10.9. The normalized spacial score (nSPS) is 17.7. The molecule has 0 atom stereocenters. The summed E-state index contributed by atoms with van der Waals surface area (Å²) >= 11 is 0. The van der Waals surface area contributed by atoms with Crippen molar-refractivity contribution in [2.75, 3.05) is 0 Å². The number of aryl methyl sites for hydroxylation is 1. The number of rotatable bonds is 2. The number of Topliss-reactive ketones (excluding diaryl/α,β-unsaturated/α-hetero) is 1. The Kier molecular flexibility index (Phi) is 4.91. The number of ketones is 1. The van der Waals surface area contributed by atoms with Crippen molar-refractivity contribution in [3.63, 3.8) is 0 Å². The Hall–Kier alpha value is -2.18. The molecule has 5 nitrogen and oxygen atoms in total. The van der Waals surface area contributed by atoms with Crippen molar-refractivity contribution in [1.29, 1.82) is 0 Å². The highest BCUT2D eigenvalue weighted by Gasteiger charge is 2.64. The molecular weight excluding hydrogens is 408 g/mol. The second kappa shape index (κ2) is 6.91. The van der Waals surface area contributed by atoms with Crippen molar-refractivity contribution in [3.05, 3.63) is 33.9 Å². The van der Waals surface area contributed by atoms with Crippen molar-refractivity contribution in [3.8, 4) is 11.5 Å². The molecule has 0 radical (unpaired) electrons. The van der Waals surface area contributed by atoms with Crippen LogP contribution < -0.4 is 8.85 Å². The van der Waals surface area contributed by atoms with E-state index in [1.54, 1.807) is 0 Å². The first-order chi connectivity index (χ1) is 14.4. The monoisotopic (exact) mass is 440 g/mol. The number of benzene rings is 2. The Morgan fingerprint density at radius 2 is 1.68 bits per heavy atom. The molecule has 0 saturated heterocycles. The van der Waals surface area contributed by atoms with E-state index in [9.17, 15) is 14.7 Å². The van der Waals surface area contributed by atoms with Crippen LogP contribution in [0.1, 0.15) is 91.8 Å². The maximum absolute atomic E-state index is 13.2. The third-order valence-electron chi connectivity index (χ3n) is 6.82. The fourth-order valence-electron chi connectivity index (χ4n) is 5.54. The molecule has 0 bridgehead atoms. The van der Waals surface area contributed by atoms with E-state index in [1.165, 1.54) is 0 Å². The van der Waals surface area contributed by atoms with Crippen LogP contribution >= 0.6 is 0 Å². The molecule has 4 rings (SSSR count). The molecule has 1 N–H and O–H groups in total. The van der Waals surface area contributed by atoms with Crippen molar-refractivity contribution in [1.82, 2.24) is 0 Å². The van der Waals surface area contributed by atoms with Crippen molar-refractivity contribution < 1.29 is 23.5 Å². The molecule has 1 aliphatic carbocycles. The van der Waals surface area contributed by atoms with Crippen LogP contribution in [0.15, 0.2) is 6.07 Å². The molecule has 0 fully saturated rings. The largest absolute Gasteiger partial charge is 0.510 e. The summed E-state index contributed by atoms with van der Waals surface area (Å²) in [7, 11) is -3.07. The summed E-state index contributed by atoms with van der Waals surface area (Å²) in [5.74, 6) is 1.12. The van der Waals surface area contributed by atoms with Gasteiger partial charge in [0.25, 0.3) is 0 Å². The molecule has 0 spiro atoms. The van der Waals surface area contributed by atoms with E-state index in [1.807, 2.05) is 13.0 Å². The summed E-state index contributed by atoms with van der Waals surface area (Å²) < 4.78 is 13.8. The molecule has 0 aromatic heterocycles. The average Bonchev–Trinajstić information content (AvgIpc) is 2.66. The average molecular weight is 441 g/mol. The standard InChI is InChI=1S/C25H32O5Si/c1-14-11-16-18(13-27)15-9-8-10-19(28)20(15)23-21(16)22(17(14)12-26)29-31(30-23,24(2,3)4)25(5,6)7/h11-12,27H,8-10,13H2,1-7H3. The molecule has 6 heteroatoms. The van der Waals surface area contributed by atoms with Crippen LogP contribution in [0.4, 0.5) is 0 Å². The summed E-state index contributed by atoms with van der Waals surface area (Å²) in [6.07, 6.45) is 2.79. The highest BCUT2D eigenvalue weighted by atomic mass is 28.4. The summed E-state index contributed by atoms with van der Waals surface area (Å²) in [6, 6.07) is 1.92. The summed E-state index contributed by atoms with van der Waals surface area (Å²) in [6.45, 7) is 14.4. The minimum atomic E-state index is -3.07. The zero-order valence-corrected chi connectivity index (χ0v) is 20.6. The molecular formula is C25H32O5Si. The number of carbonyl (C=O) groups is 2. The van der Waals surface area contributed by atoms with Gasteiger partial charge in [-0.3, -0.25) is 9.59 Å². The zero-order chi connectivity index (χ0) is 22.9. The molecule has 0 unspecified atom stereocenters. The molecule has 0 saturated carbocycles. The van der Waals surface area contributed by atoms with Gasteiger partial charge in [-0.15, -0.1) is 0 Å². The number of aliphatic hydroxyl groups is 1. The lowest BCUT2D eigenvalue weighted by atomic mass is 9.82. The Balaban J connectivity index is 2.24. The third kappa shape index (κ3) is 2.91. The van der Waals surface area contributed by atoms with Gasteiger partial charge >= 0.3 is 8.56 Å². The quantitative estimate of drug-likeness (QED) is 0.473. The lowest BCUT2D eigenvalue weighted by Crippen LogP contribution is -2.63. The Morgan fingerprint density at radius 3 is 2.23 bits per heavy atom. The van der Waals surface area contributed by atoms with Crippen LogP contribution in [0.2, 0.25) is 10.1 Å². The van der Waals surface area contributed by atoms with Gasteiger partial charge in [0.2, 0.25) is 0 Å². The van der Waals surface area contributed by atoms with E-state index in [0.29, 0.717) is 34.4 Å². The lowest BCUT2D eigenvalue weighted by Gasteiger charge is -2.51. The highest BCUT2D eigenvalue weighted by molar-refractivity contribution is 6.75. The topological polar surface area (TPSA) is 72.8 Å². The highest BCUT2D eigenvalue weighted by Crippen LogP contribution is 2.59. The predicted molar refractivity (Wildman–Crippen MR) is 124 cm³/mol. The molecule has 1 heterocycles. The van der Waals surface area contributed by atoms with Gasteiger partial charge in [-0.1, -0.05) is 41.5 Å². The van der Waals surface area contributed by atoms with Crippen LogP contribution in [0.5, 0.6) is 11.5 Å². The number of carbonyl (C=O) groups excluding carboxylic acids is 2. The first-order valence-corrected chi connectivity index (χ1v) is 12.8. The molecule has 31 heavy (non-hydrogen) atoms. The molecule has 2 aromatic rings. The molecule has 2 aliphatic rings. The fraction of sp³-hybridized carbons (Fsp3) is 0.520. The van der Waals surface area contributed by atoms with Gasteiger partial charge in [-0.2, -0.15) is 0 Å². The third-order valence-corrected chi connectivity index (χ3v) is 11.8. The molecule has 1 aliphatic heterocycles. The first-order valence-electron chi connectivity index (χ1n) is 11.0. The van der Waals surface area contributed by atoms with E-state index in [4.69, 9.17) is 8.85 Å². The summed E-state index contributed by atoms with van der Waals surface area (Å²) in [5.41, 5.74) is 3.51. The van der Waals surface area contributed by atoms with Gasteiger partial charge in [0.15, 0.2) is 12.1 Å². The Bertz CT molecular complexity index is 1100. The number of aldehydes is 1. The van der Waals surface area contributed by atoms with Crippen molar-refractivity contribution >= 4 is 31.4 Å². The van der Waals surface area contributed by atoms with Gasteiger partial charge in [0.1, 0.15) is 11.5 Å². The molecule has 2 aromatic carbocycles. The van der Waals surface area contributed by atoms with Crippen LogP contribution in [0, 0.1) is 6.92 Å². The first kappa shape index (κ1) is 22.0. The lowest BCUT2D eigenvalue weighted by molar-refractivity contribution is 0.0969. The van der Waals surface area contributed by atoms with Gasteiger partial charge < -0.3 is 14.0 Å². The summed E-state index contributed by atoms with van der Waals surface area (Å²) in [4.78, 5) is 25.4. The van der Waals surface area contributed by atoms with Crippen molar-refractivity contribution in [2.45, 2.75) is 84.4 Å². The van der Waals surface area contributed by atoms with E-state index in [2.05, 4.69) is 41.5 Å². The zero-order valence-electron chi connectivity index (χ0n) is 19.6. The SMILES string of the molecule is Cc1cc2c(CO)c3c(c4c2c(c1C=O)O[Si](C(C)(C)C)(C(C)(C)C)O4)C(=O)CCC3.